The molecule has 0 aliphatic carbocycles. The van der Waals surface area contributed by atoms with Crippen LogP contribution in [0.3, 0.4) is 0 Å². The minimum atomic E-state index is -0.442. The van der Waals surface area contributed by atoms with E-state index in [1.807, 2.05) is 24.0 Å². The molecule has 1 aromatic carbocycles. The van der Waals surface area contributed by atoms with Crippen molar-refractivity contribution in [2.45, 2.75) is 32.3 Å². The minimum absolute atomic E-state index is 0.108. The molecule has 3 rings (SSSR count). The van der Waals surface area contributed by atoms with Crippen molar-refractivity contribution in [2.24, 2.45) is 5.92 Å². The van der Waals surface area contributed by atoms with E-state index in [2.05, 4.69) is 17.0 Å². The first-order valence-corrected chi connectivity index (χ1v) is 9.06. The average Bonchev–Trinajstić information content (AvgIpc) is 3.04. The van der Waals surface area contributed by atoms with Crippen LogP contribution in [0.5, 0.6) is 0 Å². The van der Waals surface area contributed by atoms with Gasteiger partial charge in [0, 0.05) is 31.3 Å². The van der Waals surface area contributed by atoms with E-state index in [-0.39, 0.29) is 11.8 Å². The van der Waals surface area contributed by atoms with Gasteiger partial charge in [0.25, 0.3) is 0 Å². The molecule has 1 atom stereocenters. The van der Waals surface area contributed by atoms with Gasteiger partial charge < -0.3 is 19.6 Å². The summed E-state index contributed by atoms with van der Waals surface area (Å²) in [7, 11) is 0. The molecule has 5 heteroatoms. The number of hydrogen-bond acceptors (Lipinski definition) is 4. The number of anilines is 1. The van der Waals surface area contributed by atoms with Crippen molar-refractivity contribution in [1.82, 2.24) is 4.90 Å². The van der Waals surface area contributed by atoms with Crippen molar-refractivity contribution in [2.75, 3.05) is 44.3 Å². The molecule has 2 heterocycles. The van der Waals surface area contributed by atoms with Gasteiger partial charge in [0.15, 0.2) is 0 Å². The number of nitrogens with zero attached hydrogens (tertiary/aromatic N) is 2. The first-order chi connectivity index (χ1) is 11.7. The van der Waals surface area contributed by atoms with Gasteiger partial charge in [-0.3, -0.25) is 4.79 Å². The standard InChI is InChI=1S/C19H28N2O3/c1-2-24-14-17(22)13-20-10-7-16(8-11-20)19(23)21-12-9-15-5-3-4-6-18(15)21/h3-6,16-17,22H,2,7-14H2,1H3/t17-/m1/s1. The van der Waals surface area contributed by atoms with Crippen molar-refractivity contribution in [3.63, 3.8) is 0 Å². The number of para-hydroxylation sites is 1. The molecule has 0 unspecified atom stereocenters. The number of fused-ring (bicyclic) bond motifs is 1. The van der Waals surface area contributed by atoms with Crippen LogP contribution in [-0.4, -0.2) is 61.4 Å². The summed E-state index contributed by atoms with van der Waals surface area (Å²) >= 11 is 0. The molecule has 1 aromatic rings. The van der Waals surface area contributed by atoms with Gasteiger partial charge >= 0.3 is 0 Å². The molecule has 0 saturated carbocycles. The average molecular weight is 332 g/mol. The van der Waals surface area contributed by atoms with E-state index < -0.39 is 6.10 Å². The van der Waals surface area contributed by atoms with E-state index in [0.29, 0.717) is 19.8 Å². The number of amides is 1. The Hall–Kier alpha value is -1.43. The van der Waals surface area contributed by atoms with E-state index in [9.17, 15) is 9.90 Å². The fraction of sp³-hybridized carbons (Fsp3) is 0.632. The predicted molar refractivity (Wildman–Crippen MR) is 94.2 cm³/mol. The lowest BCUT2D eigenvalue weighted by Crippen LogP contribution is -2.44. The largest absolute Gasteiger partial charge is 0.389 e. The first kappa shape index (κ1) is 17.4. The second kappa shape index (κ2) is 8.10. The normalized spacial score (nSPS) is 20.2. The Morgan fingerprint density at radius 3 is 2.79 bits per heavy atom. The molecule has 132 valence electrons. The topological polar surface area (TPSA) is 53.0 Å². The van der Waals surface area contributed by atoms with Crippen LogP contribution in [0.4, 0.5) is 5.69 Å². The smallest absolute Gasteiger partial charge is 0.230 e. The predicted octanol–water partition coefficient (Wildman–Crippen LogP) is 1.69. The number of hydrogen-bond donors (Lipinski definition) is 1. The van der Waals surface area contributed by atoms with Crippen LogP contribution in [0.15, 0.2) is 24.3 Å². The third-order valence-electron chi connectivity index (χ3n) is 5.07. The van der Waals surface area contributed by atoms with E-state index in [0.717, 1.165) is 44.6 Å². The molecule has 24 heavy (non-hydrogen) atoms. The fourth-order valence-electron chi connectivity index (χ4n) is 3.75. The molecule has 2 aliphatic heterocycles. The highest BCUT2D eigenvalue weighted by Gasteiger charge is 2.32. The third kappa shape index (κ3) is 3.97. The zero-order valence-electron chi connectivity index (χ0n) is 14.5. The summed E-state index contributed by atoms with van der Waals surface area (Å²) < 4.78 is 5.26. The number of rotatable bonds is 6. The van der Waals surface area contributed by atoms with Gasteiger partial charge in [-0.1, -0.05) is 18.2 Å². The maximum absolute atomic E-state index is 12.9. The summed E-state index contributed by atoms with van der Waals surface area (Å²) in [5, 5.41) is 9.95. The maximum atomic E-state index is 12.9. The molecule has 5 nitrogen and oxygen atoms in total. The van der Waals surface area contributed by atoms with Gasteiger partial charge in [-0.25, -0.2) is 0 Å². The van der Waals surface area contributed by atoms with Gasteiger partial charge in [0.05, 0.1) is 12.7 Å². The number of benzene rings is 1. The van der Waals surface area contributed by atoms with Crippen molar-refractivity contribution in [1.29, 1.82) is 0 Å². The number of aliphatic hydroxyl groups excluding tert-OH is 1. The van der Waals surface area contributed by atoms with Crippen LogP contribution in [0.1, 0.15) is 25.3 Å². The van der Waals surface area contributed by atoms with Crippen LogP contribution in [0, 0.1) is 5.92 Å². The van der Waals surface area contributed by atoms with Gasteiger partial charge in [0.2, 0.25) is 5.91 Å². The molecular weight excluding hydrogens is 304 g/mol. The number of aliphatic hydroxyl groups is 1. The van der Waals surface area contributed by atoms with E-state index in [4.69, 9.17) is 4.74 Å². The van der Waals surface area contributed by atoms with Crippen molar-refractivity contribution in [3.05, 3.63) is 29.8 Å². The van der Waals surface area contributed by atoms with Crippen LogP contribution >= 0.6 is 0 Å². The van der Waals surface area contributed by atoms with Crippen molar-refractivity contribution in [3.8, 4) is 0 Å². The van der Waals surface area contributed by atoms with Crippen molar-refractivity contribution >= 4 is 11.6 Å². The summed E-state index contributed by atoms with van der Waals surface area (Å²) in [4.78, 5) is 17.1. The van der Waals surface area contributed by atoms with Crippen LogP contribution in [-0.2, 0) is 16.0 Å². The summed E-state index contributed by atoms with van der Waals surface area (Å²) in [6, 6.07) is 8.22. The second-order valence-corrected chi connectivity index (χ2v) is 6.76. The maximum Gasteiger partial charge on any atom is 0.230 e. The minimum Gasteiger partial charge on any atom is -0.389 e. The molecule has 2 aliphatic rings. The quantitative estimate of drug-likeness (QED) is 0.861. The molecule has 0 bridgehead atoms. The van der Waals surface area contributed by atoms with Gasteiger partial charge in [-0.05, 0) is 50.9 Å². The number of likely N-dealkylation sites (tertiary alicyclic amines) is 1. The monoisotopic (exact) mass is 332 g/mol. The molecule has 1 fully saturated rings. The zero-order chi connectivity index (χ0) is 16.9. The lowest BCUT2D eigenvalue weighted by atomic mass is 9.95. The number of β-amino-alcohol motifs (C(OH)–C–C–N with tert-alkyl or cyclic N) is 1. The summed E-state index contributed by atoms with van der Waals surface area (Å²) in [5.74, 6) is 0.380. The Labute approximate surface area is 144 Å². The molecule has 0 radical (unpaired) electrons. The summed E-state index contributed by atoms with van der Waals surface area (Å²) in [6.07, 6.45) is 2.27. The van der Waals surface area contributed by atoms with Crippen molar-refractivity contribution < 1.29 is 14.6 Å². The van der Waals surface area contributed by atoms with Crippen LogP contribution in [0.2, 0.25) is 0 Å². The lowest BCUT2D eigenvalue weighted by Gasteiger charge is -2.34. The highest BCUT2D eigenvalue weighted by molar-refractivity contribution is 5.97. The van der Waals surface area contributed by atoms with E-state index in [1.165, 1.54) is 5.56 Å². The zero-order valence-corrected chi connectivity index (χ0v) is 14.5. The molecule has 1 amide bonds. The summed E-state index contributed by atoms with van der Waals surface area (Å²) in [5.41, 5.74) is 2.37. The highest BCUT2D eigenvalue weighted by atomic mass is 16.5. The van der Waals surface area contributed by atoms with Crippen LogP contribution < -0.4 is 4.90 Å². The number of piperidine rings is 1. The summed E-state index contributed by atoms with van der Waals surface area (Å²) in [6.45, 7) is 6.13. The SMILES string of the molecule is CCOC[C@H](O)CN1CCC(C(=O)N2CCc3ccccc32)CC1. The fourth-order valence-corrected chi connectivity index (χ4v) is 3.75. The number of carbonyl (C=O) groups excluding carboxylic acids is 1. The number of ether oxygens (including phenoxy) is 1. The Bertz CT molecular complexity index is 555. The van der Waals surface area contributed by atoms with Gasteiger partial charge in [-0.2, -0.15) is 0 Å². The van der Waals surface area contributed by atoms with Gasteiger partial charge in [0.1, 0.15) is 0 Å². The Morgan fingerprint density at radius 1 is 1.29 bits per heavy atom. The lowest BCUT2D eigenvalue weighted by molar-refractivity contribution is -0.123. The first-order valence-electron chi connectivity index (χ1n) is 9.06. The van der Waals surface area contributed by atoms with Crippen LogP contribution in [0.25, 0.3) is 0 Å². The molecule has 0 spiro atoms. The van der Waals surface area contributed by atoms with Gasteiger partial charge in [-0.15, -0.1) is 0 Å². The molecule has 1 saturated heterocycles. The Morgan fingerprint density at radius 2 is 2.04 bits per heavy atom. The third-order valence-corrected chi connectivity index (χ3v) is 5.07. The Kier molecular flexibility index (Phi) is 5.87. The number of carbonyl (C=O) groups is 1. The van der Waals surface area contributed by atoms with E-state index in [1.54, 1.807) is 0 Å². The van der Waals surface area contributed by atoms with E-state index >= 15 is 0 Å². The highest BCUT2D eigenvalue weighted by Crippen LogP contribution is 2.30. The molecular formula is C19H28N2O3. The molecule has 1 N–H and O–H groups in total. The second-order valence-electron chi connectivity index (χ2n) is 6.76. The Balaban J connectivity index is 1.49. The molecule has 0 aromatic heterocycles.